The first-order chi connectivity index (χ1) is 11.6. The van der Waals surface area contributed by atoms with Gasteiger partial charge in [0.05, 0.1) is 5.52 Å². The third-order valence-electron chi connectivity index (χ3n) is 3.81. The van der Waals surface area contributed by atoms with Crippen molar-refractivity contribution in [3.05, 3.63) is 79.0 Å². The van der Waals surface area contributed by atoms with Crippen LogP contribution < -0.4 is 4.18 Å². The van der Waals surface area contributed by atoms with E-state index in [1.165, 1.54) is 6.07 Å². The van der Waals surface area contributed by atoms with Crippen molar-refractivity contribution in [2.24, 2.45) is 0 Å². The van der Waals surface area contributed by atoms with E-state index in [2.05, 4.69) is 4.98 Å². The number of aromatic nitrogens is 1. The normalized spacial score (nSPS) is 11.7. The molecule has 0 N–H and O–H groups in total. The van der Waals surface area contributed by atoms with Crippen LogP contribution in [-0.4, -0.2) is 13.4 Å². The van der Waals surface area contributed by atoms with Crippen molar-refractivity contribution >= 4 is 31.8 Å². The Labute approximate surface area is 139 Å². The molecular weight excluding hydrogens is 322 g/mol. The van der Waals surface area contributed by atoms with Crippen LogP contribution in [0.4, 0.5) is 0 Å². The summed E-state index contributed by atoms with van der Waals surface area (Å²) in [4.78, 5) is 4.26. The van der Waals surface area contributed by atoms with Gasteiger partial charge in [-0.15, -0.1) is 0 Å². The summed E-state index contributed by atoms with van der Waals surface area (Å²) in [7, 11) is -3.99. The zero-order chi connectivity index (χ0) is 16.6. The summed E-state index contributed by atoms with van der Waals surface area (Å²) >= 11 is 0. The fraction of sp³-hybridized carbons (Fsp3) is 0. The van der Waals surface area contributed by atoms with E-state index in [0.717, 1.165) is 16.2 Å². The molecule has 0 bridgehead atoms. The van der Waals surface area contributed by atoms with Crippen molar-refractivity contribution in [1.29, 1.82) is 0 Å². The molecule has 0 radical (unpaired) electrons. The molecule has 118 valence electrons. The lowest BCUT2D eigenvalue weighted by Gasteiger charge is -2.11. The molecule has 0 aliphatic carbocycles. The zero-order valence-electron chi connectivity index (χ0n) is 12.6. The minimum absolute atomic E-state index is 0.0635. The Bertz CT molecular complexity index is 1140. The third kappa shape index (κ3) is 2.49. The van der Waals surface area contributed by atoms with Crippen LogP contribution in [0.25, 0.3) is 21.7 Å². The molecule has 0 amide bonds. The largest absolute Gasteiger partial charge is 0.378 e. The Morgan fingerprint density at radius 2 is 1.46 bits per heavy atom. The topological polar surface area (TPSA) is 56.3 Å². The van der Waals surface area contributed by atoms with Crippen LogP contribution in [0.1, 0.15) is 0 Å². The molecule has 0 aliphatic rings. The molecule has 0 aliphatic heterocycles. The van der Waals surface area contributed by atoms with Crippen molar-refractivity contribution in [1.82, 2.24) is 4.98 Å². The molecule has 4 rings (SSSR count). The molecule has 1 aromatic heterocycles. The van der Waals surface area contributed by atoms with E-state index in [1.807, 2.05) is 42.5 Å². The van der Waals surface area contributed by atoms with Crippen molar-refractivity contribution in [3.63, 3.8) is 0 Å². The number of rotatable bonds is 3. The molecular formula is C19H13NO3S. The molecule has 1 heterocycles. The highest BCUT2D eigenvalue weighted by Crippen LogP contribution is 2.29. The second kappa shape index (κ2) is 5.62. The van der Waals surface area contributed by atoms with Crippen LogP contribution in [0.2, 0.25) is 0 Å². The Kier molecular flexibility index (Phi) is 3.43. The van der Waals surface area contributed by atoms with Crippen molar-refractivity contribution in [2.45, 2.75) is 4.90 Å². The first-order valence-corrected chi connectivity index (χ1v) is 8.82. The minimum Gasteiger partial charge on any atom is -0.378 e. The number of para-hydroxylation sites is 1. The summed E-state index contributed by atoms with van der Waals surface area (Å²) in [5.74, 6) is 0.307. The van der Waals surface area contributed by atoms with E-state index >= 15 is 0 Å². The number of benzene rings is 3. The van der Waals surface area contributed by atoms with Gasteiger partial charge in [-0.1, -0.05) is 54.6 Å². The Balaban J connectivity index is 1.86. The molecule has 5 heteroatoms. The van der Waals surface area contributed by atoms with E-state index in [4.69, 9.17) is 4.18 Å². The Morgan fingerprint density at radius 1 is 0.750 bits per heavy atom. The van der Waals surface area contributed by atoms with Crippen LogP contribution in [0, 0.1) is 0 Å². The standard InChI is InChI=1S/C19H13NO3S/c21-24(22,18-12-4-8-15-9-5-13-20-19(15)18)23-17-11-3-7-14-6-1-2-10-16(14)17/h1-13H. The van der Waals surface area contributed by atoms with Gasteiger partial charge < -0.3 is 4.18 Å². The van der Waals surface area contributed by atoms with Gasteiger partial charge >= 0.3 is 10.1 Å². The zero-order valence-corrected chi connectivity index (χ0v) is 13.4. The smallest absolute Gasteiger partial charge is 0.341 e. The summed E-state index contributed by atoms with van der Waals surface area (Å²) in [5, 5.41) is 2.41. The van der Waals surface area contributed by atoms with Gasteiger partial charge in [-0.05, 0) is 23.6 Å². The van der Waals surface area contributed by atoms with Crippen LogP contribution in [0.5, 0.6) is 5.75 Å². The van der Waals surface area contributed by atoms with Crippen molar-refractivity contribution < 1.29 is 12.6 Å². The van der Waals surface area contributed by atoms with Gasteiger partial charge in [0.15, 0.2) is 5.75 Å². The number of hydrogen-bond donors (Lipinski definition) is 0. The average molecular weight is 335 g/mol. The van der Waals surface area contributed by atoms with Crippen molar-refractivity contribution in [2.75, 3.05) is 0 Å². The van der Waals surface area contributed by atoms with Crippen LogP contribution >= 0.6 is 0 Å². The Morgan fingerprint density at radius 3 is 2.38 bits per heavy atom. The molecule has 0 saturated carbocycles. The van der Waals surface area contributed by atoms with Gasteiger partial charge in [0, 0.05) is 17.0 Å². The summed E-state index contributed by atoms with van der Waals surface area (Å²) in [5.41, 5.74) is 0.403. The summed E-state index contributed by atoms with van der Waals surface area (Å²) in [6, 6.07) is 21.4. The molecule has 3 aromatic carbocycles. The SMILES string of the molecule is O=S(=O)(Oc1cccc2ccccc12)c1cccc2cccnc12. The third-order valence-corrected chi connectivity index (χ3v) is 5.08. The maximum Gasteiger partial charge on any atom is 0.341 e. The highest BCUT2D eigenvalue weighted by molar-refractivity contribution is 7.87. The van der Waals surface area contributed by atoms with E-state index in [9.17, 15) is 8.42 Å². The minimum atomic E-state index is -3.99. The molecule has 4 nitrogen and oxygen atoms in total. The molecule has 4 aromatic rings. The van der Waals surface area contributed by atoms with E-state index in [-0.39, 0.29) is 4.90 Å². The number of nitrogens with zero attached hydrogens (tertiary/aromatic N) is 1. The molecule has 0 saturated heterocycles. The first kappa shape index (κ1) is 14.7. The van der Waals surface area contributed by atoms with Gasteiger partial charge in [0.25, 0.3) is 0 Å². The highest BCUT2D eigenvalue weighted by atomic mass is 32.2. The van der Waals surface area contributed by atoms with Gasteiger partial charge in [0.1, 0.15) is 4.90 Å². The monoisotopic (exact) mass is 335 g/mol. The lowest BCUT2D eigenvalue weighted by molar-refractivity contribution is 0.489. The van der Waals surface area contributed by atoms with Gasteiger partial charge in [-0.2, -0.15) is 8.42 Å². The van der Waals surface area contributed by atoms with Crippen LogP contribution in [0.3, 0.4) is 0 Å². The predicted molar refractivity (Wildman–Crippen MR) is 93.5 cm³/mol. The molecule has 0 atom stereocenters. The molecule has 0 fully saturated rings. The second-order valence-electron chi connectivity index (χ2n) is 5.35. The fourth-order valence-electron chi connectivity index (χ4n) is 2.71. The summed E-state index contributed by atoms with van der Waals surface area (Å²) in [6.45, 7) is 0. The number of pyridine rings is 1. The predicted octanol–water partition coefficient (Wildman–Crippen LogP) is 4.16. The van der Waals surface area contributed by atoms with E-state index in [0.29, 0.717) is 11.3 Å². The lowest BCUT2D eigenvalue weighted by atomic mass is 10.1. The molecule has 24 heavy (non-hydrogen) atoms. The maximum atomic E-state index is 12.8. The number of hydrogen-bond acceptors (Lipinski definition) is 4. The highest BCUT2D eigenvalue weighted by Gasteiger charge is 2.21. The van der Waals surface area contributed by atoms with Gasteiger partial charge in [-0.25, -0.2) is 0 Å². The summed E-state index contributed by atoms with van der Waals surface area (Å²) in [6.07, 6.45) is 1.57. The van der Waals surface area contributed by atoms with Crippen LogP contribution in [-0.2, 0) is 10.1 Å². The maximum absolute atomic E-state index is 12.8. The fourth-order valence-corrected chi connectivity index (χ4v) is 3.83. The average Bonchev–Trinajstić information content (AvgIpc) is 2.61. The van der Waals surface area contributed by atoms with Crippen molar-refractivity contribution in [3.8, 4) is 5.75 Å². The number of fused-ring (bicyclic) bond motifs is 2. The quantitative estimate of drug-likeness (QED) is 0.528. The van der Waals surface area contributed by atoms with Crippen LogP contribution in [0.15, 0.2) is 83.9 Å². The van der Waals surface area contributed by atoms with E-state index < -0.39 is 10.1 Å². The van der Waals surface area contributed by atoms with E-state index in [1.54, 1.807) is 30.5 Å². The van der Waals surface area contributed by atoms with Gasteiger partial charge in [-0.3, -0.25) is 4.98 Å². The first-order valence-electron chi connectivity index (χ1n) is 7.41. The molecule has 0 unspecified atom stereocenters. The Hall–Kier alpha value is -2.92. The molecule has 0 spiro atoms. The summed E-state index contributed by atoms with van der Waals surface area (Å²) < 4.78 is 31.0. The van der Waals surface area contributed by atoms with Gasteiger partial charge in [0.2, 0.25) is 0 Å². The second-order valence-corrected chi connectivity index (χ2v) is 6.86. The lowest BCUT2D eigenvalue weighted by Crippen LogP contribution is -2.11.